The van der Waals surface area contributed by atoms with Crippen LogP contribution in [0.3, 0.4) is 0 Å². The number of halogens is 1. The minimum Gasteiger partial charge on any atom is -0.359 e. The molecule has 1 saturated heterocycles. The fraction of sp³-hybridized carbons (Fsp3) is 0.556. The van der Waals surface area contributed by atoms with Crippen molar-refractivity contribution in [3.8, 4) is 0 Å². The molecular weight excluding hydrogens is 415 g/mol. The summed E-state index contributed by atoms with van der Waals surface area (Å²) in [7, 11) is 3.53. The molecule has 24 heavy (non-hydrogen) atoms. The van der Waals surface area contributed by atoms with Crippen LogP contribution in [0.2, 0.25) is 0 Å². The Morgan fingerprint density at radius 3 is 2.42 bits per heavy atom. The number of piperidine rings is 1. The molecule has 6 heteroatoms. The highest BCUT2D eigenvalue weighted by molar-refractivity contribution is 14.0. The van der Waals surface area contributed by atoms with Gasteiger partial charge in [0.25, 0.3) is 0 Å². The molecule has 0 bridgehead atoms. The van der Waals surface area contributed by atoms with Gasteiger partial charge in [-0.2, -0.15) is 0 Å². The lowest BCUT2D eigenvalue weighted by molar-refractivity contribution is -0.121. The van der Waals surface area contributed by atoms with E-state index in [4.69, 9.17) is 0 Å². The quantitative estimate of drug-likeness (QED) is 0.427. The molecule has 0 spiro atoms. The van der Waals surface area contributed by atoms with Crippen LogP contribution in [0, 0.1) is 12.8 Å². The number of hydrogen-bond donors (Lipinski definition) is 2. The maximum atomic E-state index is 11.5. The molecule has 0 unspecified atom stereocenters. The van der Waals surface area contributed by atoms with Gasteiger partial charge in [0.2, 0.25) is 5.91 Å². The van der Waals surface area contributed by atoms with E-state index < -0.39 is 0 Å². The Bertz CT molecular complexity index is 536. The summed E-state index contributed by atoms with van der Waals surface area (Å²) in [6.45, 7) is 4.79. The van der Waals surface area contributed by atoms with Crippen molar-refractivity contribution in [2.24, 2.45) is 10.9 Å². The van der Waals surface area contributed by atoms with Gasteiger partial charge in [-0.25, -0.2) is 0 Å². The van der Waals surface area contributed by atoms with Gasteiger partial charge in [-0.3, -0.25) is 9.79 Å². The van der Waals surface area contributed by atoms with E-state index in [2.05, 4.69) is 51.7 Å². The van der Waals surface area contributed by atoms with E-state index >= 15 is 0 Å². The fourth-order valence-electron chi connectivity index (χ4n) is 2.93. The Morgan fingerprint density at radius 2 is 1.88 bits per heavy atom. The first-order valence-corrected chi connectivity index (χ1v) is 8.34. The third-order valence-corrected chi connectivity index (χ3v) is 4.45. The summed E-state index contributed by atoms with van der Waals surface area (Å²) in [5, 5.41) is 6.15. The van der Waals surface area contributed by atoms with Gasteiger partial charge in [-0.1, -0.05) is 29.8 Å². The Labute approximate surface area is 162 Å². The topological polar surface area (TPSA) is 56.7 Å². The summed E-state index contributed by atoms with van der Waals surface area (Å²) in [6, 6.07) is 8.55. The first kappa shape index (κ1) is 20.7. The minimum atomic E-state index is 0. The zero-order valence-corrected chi connectivity index (χ0v) is 17.2. The Morgan fingerprint density at radius 1 is 1.25 bits per heavy atom. The first-order chi connectivity index (χ1) is 11.1. The number of nitrogens with zero attached hydrogens (tertiary/aromatic N) is 2. The number of hydrogen-bond acceptors (Lipinski definition) is 2. The summed E-state index contributed by atoms with van der Waals surface area (Å²) >= 11 is 0. The van der Waals surface area contributed by atoms with Gasteiger partial charge in [-0.05, 0) is 31.2 Å². The number of amides is 1. The van der Waals surface area contributed by atoms with Crippen LogP contribution < -0.4 is 10.6 Å². The lowest BCUT2D eigenvalue weighted by Gasteiger charge is -2.34. The first-order valence-electron chi connectivity index (χ1n) is 8.34. The Balaban J connectivity index is 0.00000288. The lowest BCUT2D eigenvalue weighted by Crippen LogP contribution is -2.45. The molecule has 2 rings (SSSR count). The molecule has 1 aliphatic rings. The van der Waals surface area contributed by atoms with Crippen LogP contribution in [0.25, 0.3) is 0 Å². The molecule has 0 atom stereocenters. The largest absolute Gasteiger partial charge is 0.359 e. The van der Waals surface area contributed by atoms with Crippen LogP contribution >= 0.6 is 24.0 Å². The summed E-state index contributed by atoms with van der Waals surface area (Å²) < 4.78 is 0. The van der Waals surface area contributed by atoms with Crippen LogP contribution in [0.1, 0.15) is 30.4 Å². The maximum Gasteiger partial charge on any atom is 0.220 e. The molecule has 0 aliphatic carbocycles. The van der Waals surface area contributed by atoms with E-state index in [1.54, 1.807) is 7.05 Å². The van der Waals surface area contributed by atoms with E-state index in [-0.39, 0.29) is 29.9 Å². The average molecular weight is 444 g/mol. The summed E-state index contributed by atoms with van der Waals surface area (Å²) in [5.41, 5.74) is 2.53. The smallest absolute Gasteiger partial charge is 0.220 e. The number of likely N-dealkylation sites (tertiary alicyclic amines) is 1. The molecule has 0 aromatic heterocycles. The van der Waals surface area contributed by atoms with Gasteiger partial charge < -0.3 is 15.5 Å². The standard InChI is InChI=1S/C18H28N4O.HI/c1-14-4-6-16(7-5-14)13-21-18(20-3)22-10-8-15(9-11-22)12-17(23)19-2;/h4-7,15H,8-13H2,1-3H3,(H,19,23)(H,20,21);1H. The summed E-state index contributed by atoms with van der Waals surface area (Å²) in [4.78, 5) is 18.2. The molecule has 0 radical (unpaired) electrons. The Hall–Kier alpha value is -1.31. The van der Waals surface area contributed by atoms with E-state index in [0.29, 0.717) is 12.3 Å². The van der Waals surface area contributed by atoms with Crippen LogP contribution in [0.15, 0.2) is 29.3 Å². The second-order valence-corrected chi connectivity index (χ2v) is 6.19. The van der Waals surface area contributed by atoms with Crippen molar-refractivity contribution in [1.82, 2.24) is 15.5 Å². The van der Waals surface area contributed by atoms with E-state index in [0.717, 1.165) is 38.4 Å². The van der Waals surface area contributed by atoms with Crippen LogP contribution in [-0.2, 0) is 11.3 Å². The molecule has 1 aliphatic heterocycles. The number of aryl methyl sites for hydroxylation is 1. The number of nitrogens with one attached hydrogen (secondary N) is 2. The van der Waals surface area contributed by atoms with Gasteiger partial charge in [0, 0.05) is 40.2 Å². The SMILES string of the molecule is CN=C(NCc1ccc(C)cc1)N1CCC(CC(=O)NC)CC1.I. The molecule has 1 amide bonds. The van der Waals surface area contributed by atoms with Crippen molar-refractivity contribution in [2.45, 2.75) is 32.7 Å². The monoisotopic (exact) mass is 444 g/mol. The molecule has 2 N–H and O–H groups in total. The minimum absolute atomic E-state index is 0. The number of carbonyl (C=O) groups excluding carboxylic acids is 1. The highest BCUT2D eigenvalue weighted by atomic mass is 127. The maximum absolute atomic E-state index is 11.5. The van der Waals surface area contributed by atoms with Crippen molar-refractivity contribution < 1.29 is 4.79 Å². The third-order valence-electron chi connectivity index (χ3n) is 4.45. The predicted octanol–water partition coefficient (Wildman–Crippen LogP) is 2.54. The van der Waals surface area contributed by atoms with E-state index in [9.17, 15) is 4.79 Å². The predicted molar refractivity (Wildman–Crippen MR) is 110 cm³/mol. The van der Waals surface area contributed by atoms with Crippen LogP contribution in [-0.4, -0.2) is 44.0 Å². The van der Waals surface area contributed by atoms with Crippen molar-refractivity contribution in [3.05, 3.63) is 35.4 Å². The number of aliphatic imine (C=N–C) groups is 1. The molecular formula is C18H29IN4O. The van der Waals surface area contributed by atoms with Gasteiger partial charge in [-0.15, -0.1) is 24.0 Å². The number of benzene rings is 1. The highest BCUT2D eigenvalue weighted by Gasteiger charge is 2.22. The van der Waals surface area contributed by atoms with E-state index in [1.807, 2.05) is 7.05 Å². The lowest BCUT2D eigenvalue weighted by atomic mass is 9.93. The fourth-order valence-corrected chi connectivity index (χ4v) is 2.93. The van der Waals surface area contributed by atoms with Crippen molar-refractivity contribution in [1.29, 1.82) is 0 Å². The zero-order chi connectivity index (χ0) is 16.7. The van der Waals surface area contributed by atoms with Gasteiger partial charge in [0.05, 0.1) is 0 Å². The number of rotatable bonds is 4. The summed E-state index contributed by atoms with van der Waals surface area (Å²) in [5.74, 6) is 1.58. The number of guanidine groups is 1. The van der Waals surface area contributed by atoms with Gasteiger partial charge in [0.1, 0.15) is 0 Å². The molecule has 5 nitrogen and oxygen atoms in total. The van der Waals surface area contributed by atoms with Crippen LogP contribution in [0.5, 0.6) is 0 Å². The van der Waals surface area contributed by atoms with Crippen molar-refractivity contribution in [2.75, 3.05) is 27.2 Å². The normalized spacial score (nSPS) is 15.6. The second kappa shape index (κ2) is 10.5. The molecule has 134 valence electrons. The average Bonchev–Trinajstić information content (AvgIpc) is 2.58. The summed E-state index contributed by atoms with van der Waals surface area (Å²) in [6.07, 6.45) is 2.72. The van der Waals surface area contributed by atoms with E-state index in [1.165, 1.54) is 11.1 Å². The van der Waals surface area contributed by atoms with Gasteiger partial charge >= 0.3 is 0 Å². The third kappa shape index (κ3) is 6.30. The highest BCUT2D eigenvalue weighted by Crippen LogP contribution is 2.20. The molecule has 1 aromatic rings. The molecule has 1 fully saturated rings. The number of carbonyl (C=O) groups is 1. The van der Waals surface area contributed by atoms with Gasteiger partial charge in [0.15, 0.2) is 5.96 Å². The van der Waals surface area contributed by atoms with Crippen LogP contribution in [0.4, 0.5) is 0 Å². The van der Waals surface area contributed by atoms with Crippen molar-refractivity contribution in [3.63, 3.8) is 0 Å². The Kier molecular flexibility index (Phi) is 9.10. The molecule has 1 heterocycles. The second-order valence-electron chi connectivity index (χ2n) is 6.19. The molecule has 1 aromatic carbocycles. The zero-order valence-electron chi connectivity index (χ0n) is 14.8. The van der Waals surface area contributed by atoms with Crippen molar-refractivity contribution >= 4 is 35.8 Å². The molecule has 0 saturated carbocycles.